The van der Waals surface area contributed by atoms with Gasteiger partial charge in [0.1, 0.15) is 29.3 Å². The van der Waals surface area contributed by atoms with E-state index >= 15 is 0 Å². The second-order valence-corrected chi connectivity index (χ2v) is 11.7. The summed E-state index contributed by atoms with van der Waals surface area (Å²) in [7, 11) is 0. The van der Waals surface area contributed by atoms with Crippen molar-refractivity contribution in [3.8, 4) is 0 Å². The zero-order valence-corrected chi connectivity index (χ0v) is 23.7. The number of alkyl carbamates (subject to hydrolysis) is 1. The van der Waals surface area contributed by atoms with Crippen LogP contribution in [0.25, 0.3) is 0 Å². The minimum absolute atomic E-state index is 0.160. The van der Waals surface area contributed by atoms with Gasteiger partial charge in [0.25, 0.3) is 0 Å². The summed E-state index contributed by atoms with van der Waals surface area (Å²) in [6, 6.07) is -0.416. The molecule has 0 bridgehead atoms. The number of carbonyl (C=O) groups excluding carboxylic acids is 4. The third-order valence-corrected chi connectivity index (χ3v) is 6.12. The molecule has 4 amide bonds. The van der Waals surface area contributed by atoms with E-state index < -0.39 is 76.6 Å². The smallest absolute Gasteiger partial charge is 0.408 e. The molecule has 1 saturated heterocycles. The molecule has 4 N–H and O–H groups in total. The summed E-state index contributed by atoms with van der Waals surface area (Å²) >= 11 is 0. The molecule has 13 heteroatoms. The lowest BCUT2D eigenvalue weighted by Gasteiger charge is -2.35. The van der Waals surface area contributed by atoms with Gasteiger partial charge in [-0.3, -0.25) is 14.4 Å². The summed E-state index contributed by atoms with van der Waals surface area (Å²) in [4.78, 5) is 63.2. The van der Waals surface area contributed by atoms with Crippen molar-refractivity contribution >= 4 is 29.8 Å². The van der Waals surface area contributed by atoms with Crippen molar-refractivity contribution in [3.63, 3.8) is 0 Å². The van der Waals surface area contributed by atoms with Crippen LogP contribution in [0.2, 0.25) is 0 Å². The summed E-state index contributed by atoms with van der Waals surface area (Å²) in [6.45, 7) is 10.1. The minimum Gasteiger partial charge on any atom is -0.478 e. The minimum atomic E-state index is -1.47. The van der Waals surface area contributed by atoms with Crippen LogP contribution in [-0.4, -0.2) is 77.1 Å². The Kier molecular flexibility index (Phi) is 10.6. The number of likely N-dealkylation sites (tertiary alicyclic amines) is 1. The number of aromatic carboxylic acids is 1. The first-order valence-corrected chi connectivity index (χ1v) is 13.0. The zero-order chi connectivity index (χ0) is 30.4. The highest BCUT2D eigenvalue weighted by molar-refractivity contribution is 5.93. The van der Waals surface area contributed by atoms with Gasteiger partial charge in [0.15, 0.2) is 0 Å². The van der Waals surface area contributed by atoms with Crippen LogP contribution in [0, 0.1) is 17.0 Å². The summed E-state index contributed by atoms with van der Waals surface area (Å²) < 4.78 is 33.4. The highest BCUT2D eigenvalue weighted by atomic mass is 19.1. The maximum absolute atomic E-state index is 14.1. The molecule has 11 nitrogen and oxygen atoms in total. The first-order valence-electron chi connectivity index (χ1n) is 13.0. The SMILES string of the molecule is CC(C)(C)OC(=O)N[C@H](C(=O)N1CCCC1C(=O)NCC(=O)NCCc1c(F)cc(C(=O)O)cc1F)C(C)(C)C. The van der Waals surface area contributed by atoms with Crippen molar-refractivity contribution in [1.82, 2.24) is 20.9 Å². The van der Waals surface area contributed by atoms with Gasteiger partial charge in [0.05, 0.1) is 12.1 Å². The Bertz CT molecular complexity index is 1120. The first-order chi connectivity index (χ1) is 18.4. The number of amides is 4. The molecule has 1 heterocycles. The molecule has 222 valence electrons. The Labute approximate surface area is 232 Å². The van der Waals surface area contributed by atoms with E-state index in [1.807, 2.05) is 0 Å². The second kappa shape index (κ2) is 13.1. The standard InChI is InChI=1S/C27H38F2N4O7/c1-26(2,3)21(32-25(39)40-27(4,5)6)23(36)33-11-7-8-19(33)22(35)31-14-20(34)30-10-9-16-17(28)12-15(24(37)38)13-18(16)29/h12-13,19,21H,7-11,14H2,1-6H3,(H,30,34)(H,31,35)(H,32,39)(H,37,38)/t19?,21-/m1/s1. The number of hydrogen-bond donors (Lipinski definition) is 4. The molecule has 40 heavy (non-hydrogen) atoms. The van der Waals surface area contributed by atoms with Gasteiger partial charge in [-0.1, -0.05) is 20.8 Å². The topological polar surface area (TPSA) is 154 Å². The van der Waals surface area contributed by atoms with E-state index in [1.165, 1.54) is 4.90 Å². The van der Waals surface area contributed by atoms with Gasteiger partial charge in [-0.25, -0.2) is 18.4 Å². The summed E-state index contributed by atoms with van der Waals surface area (Å²) in [6.07, 6.45) is -0.0684. The Morgan fingerprint density at radius 3 is 2.17 bits per heavy atom. The average molecular weight is 569 g/mol. The van der Waals surface area contributed by atoms with Gasteiger partial charge >= 0.3 is 12.1 Å². The van der Waals surface area contributed by atoms with Crippen LogP contribution in [0.5, 0.6) is 0 Å². The van der Waals surface area contributed by atoms with Crippen LogP contribution in [0.15, 0.2) is 12.1 Å². The fraction of sp³-hybridized carbons (Fsp3) is 0.593. The number of hydrogen-bond acceptors (Lipinski definition) is 6. The quantitative estimate of drug-likeness (QED) is 0.357. The lowest BCUT2D eigenvalue weighted by Crippen LogP contribution is -2.58. The maximum atomic E-state index is 14.1. The molecule has 1 unspecified atom stereocenters. The molecule has 1 aliphatic rings. The Morgan fingerprint density at radius 1 is 1.05 bits per heavy atom. The molecule has 0 aromatic heterocycles. The number of carboxylic acid groups (broad SMARTS) is 1. The van der Waals surface area contributed by atoms with Crippen molar-refractivity contribution < 1.29 is 42.6 Å². The molecule has 1 aromatic carbocycles. The molecule has 1 aliphatic heterocycles. The van der Waals surface area contributed by atoms with Crippen molar-refractivity contribution in [3.05, 3.63) is 34.9 Å². The number of carbonyl (C=O) groups is 5. The van der Waals surface area contributed by atoms with Gasteiger partial charge in [-0.15, -0.1) is 0 Å². The molecule has 1 fully saturated rings. The van der Waals surface area contributed by atoms with Crippen molar-refractivity contribution in [1.29, 1.82) is 0 Å². The van der Waals surface area contributed by atoms with E-state index in [2.05, 4.69) is 16.0 Å². The fourth-order valence-corrected chi connectivity index (χ4v) is 4.18. The summed E-state index contributed by atoms with van der Waals surface area (Å²) in [5.41, 5.74) is -2.36. The van der Waals surface area contributed by atoms with Gasteiger partial charge in [-0.05, 0) is 57.6 Å². The summed E-state index contributed by atoms with van der Waals surface area (Å²) in [5.74, 6) is -5.16. The molecule has 2 atom stereocenters. The zero-order valence-electron chi connectivity index (χ0n) is 23.7. The number of ether oxygens (including phenoxy) is 1. The number of halogens is 2. The van der Waals surface area contributed by atoms with E-state index in [1.54, 1.807) is 41.5 Å². The number of rotatable bonds is 9. The van der Waals surface area contributed by atoms with Crippen LogP contribution in [0.4, 0.5) is 13.6 Å². The van der Waals surface area contributed by atoms with E-state index in [4.69, 9.17) is 9.84 Å². The summed E-state index contributed by atoms with van der Waals surface area (Å²) in [5, 5.41) is 16.4. The molecular weight excluding hydrogens is 530 g/mol. The van der Waals surface area contributed by atoms with E-state index in [0.717, 1.165) is 0 Å². The molecular formula is C27H38F2N4O7. The van der Waals surface area contributed by atoms with Gasteiger partial charge in [-0.2, -0.15) is 0 Å². The highest BCUT2D eigenvalue weighted by Gasteiger charge is 2.42. The number of nitrogens with one attached hydrogen (secondary N) is 3. The monoisotopic (exact) mass is 568 g/mol. The predicted molar refractivity (Wildman–Crippen MR) is 140 cm³/mol. The Morgan fingerprint density at radius 2 is 1.65 bits per heavy atom. The lowest BCUT2D eigenvalue weighted by atomic mass is 9.85. The van der Waals surface area contributed by atoms with Crippen LogP contribution < -0.4 is 16.0 Å². The van der Waals surface area contributed by atoms with Crippen molar-refractivity contribution in [2.24, 2.45) is 5.41 Å². The van der Waals surface area contributed by atoms with Crippen molar-refractivity contribution in [2.75, 3.05) is 19.6 Å². The fourth-order valence-electron chi connectivity index (χ4n) is 4.18. The van der Waals surface area contributed by atoms with Gasteiger partial charge in [0.2, 0.25) is 17.7 Å². The molecule has 0 saturated carbocycles. The van der Waals surface area contributed by atoms with Crippen LogP contribution in [0.3, 0.4) is 0 Å². The highest BCUT2D eigenvalue weighted by Crippen LogP contribution is 2.26. The average Bonchev–Trinajstić information content (AvgIpc) is 3.30. The third-order valence-electron chi connectivity index (χ3n) is 6.12. The third kappa shape index (κ3) is 9.16. The lowest BCUT2D eigenvalue weighted by molar-refractivity contribution is -0.142. The largest absolute Gasteiger partial charge is 0.478 e. The van der Waals surface area contributed by atoms with Gasteiger partial charge < -0.3 is 30.7 Å². The first kappa shape index (κ1) is 32.4. The van der Waals surface area contributed by atoms with E-state index in [-0.39, 0.29) is 18.5 Å². The Hall–Kier alpha value is -3.77. The normalized spacial score (nSPS) is 16.2. The van der Waals surface area contributed by atoms with Gasteiger partial charge in [0, 0.05) is 18.7 Å². The maximum Gasteiger partial charge on any atom is 0.408 e. The number of benzene rings is 1. The molecule has 0 radical (unpaired) electrons. The molecule has 2 rings (SSSR count). The van der Waals surface area contributed by atoms with E-state index in [0.29, 0.717) is 31.5 Å². The Balaban J connectivity index is 1.94. The van der Waals surface area contributed by atoms with Crippen LogP contribution in [-0.2, 0) is 25.5 Å². The van der Waals surface area contributed by atoms with Crippen molar-refractivity contribution in [2.45, 2.75) is 78.5 Å². The van der Waals surface area contributed by atoms with E-state index in [9.17, 15) is 32.8 Å². The number of carboxylic acids is 1. The molecule has 0 aliphatic carbocycles. The van der Waals surface area contributed by atoms with Crippen LogP contribution >= 0.6 is 0 Å². The predicted octanol–water partition coefficient (Wildman–Crippen LogP) is 2.37. The number of nitrogens with zero attached hydrogens (tertiary/aromatic N) is 1. The van der Waals surface area contributed by atoms with Crippen LogP contribution in [0.1, 0.15) is 70.3 Å². The molecule has 1 aromatic rings. The second-order valence-electron chi connectivity index (χ2n) is 11.7. The molecule has 0 spiro atoms.